The fourth-order valence-electron chi connectivity index (χ4n) is 0.148. The molecule has 0 aromatic carbocycles. The van der Waals surface area contributed by atoms with Gasteiger partial charge in [-0.1, -0.05) is 0 Å². The van der Waals surface area contributed by atoms with Crippen LogP contribution in [0.5, 0.6) is 0 Å². The van der Waals surface area contributed by atoms with Crippen molar-refractivity contribution in [2.24, 2.45) is 0 Å². The van der Waals surface area contributed by atoms with E-state index in [0.29, 0.717) is 0 Å². The van der Waals surface area contributed by atoms with Crippen LogP contribution in [0.3, 0.4) is 0 Å². The van der Waals surface area contributed by atoms with E-state index in [1.165, 1.54) is 0 Å². The average Bonchev–Trinajstić information content (AvgIpc) is 1.64. The van der Waals surface area contributed by atoms with Gasteiger partial charge in [0.15, 0.2) is 0 Å². The monoisotopic (exact) mass is 169 g/mol. The van der Waals surface area contributed by atoms with Gasteiger partial charge in [0.05, 0.1) is 0 Å². The Balaban J connectivity index is 0. The third-order valence-electron chi connectivity index (χ3n) is 0.446. The molecule has 0 heterocycles. The Hall–Kier alpha value is -0.114. The molecule has 0 bridgehead atoms. The Kier molecular flexibility index (Phi) is 7.10. The zero-order chi connectivity index (χ0) is 7.44. The smallest absolute Gasteiger partial charge is 0.752 e. The number of rotatable bonds is 2. The van der Waals surface area contributed by atoms with Crippen LogP contribution in [0.1, 0.15) is 0 Å². The second-order valence-electron chi connectivity index (χ2n) is 0.950. The van der Waals surface area contributed by atoms with Crippen molar-refractivity contribution in [2.75, 3.05) is 0 Å². The van der Waals surface area contributed by atoms with Crippen molar-refractivity contribution in [1.29, 1.82) is 0 Å². The molecule has 0 saturated heterocycles. The number of hydrogen-bond acceptors (Lipinski definition) is 4. The van der Waals surface area contributed by atoms with Crippen molar-refractivity contribution < 1.29 is 61.2 Å². The first-order valence-electron chi connectivity index (χ1n) is 1.65. The van der Waals surface area contributed by atoms with Crippen molar-refractivity contribution in [3.05, 3.63) is 31.5 Å². The fraction of sp³-hybridized carbons (Fsp3) is 0. The van der Waals surface area contributed by atoms with Gasteiger partial charge in [0.2, 0.25) is 0 Å². The van der Waals surface area contributed by atoms with Crippen LogP contribution >= 0.6 is 0 Å². The van der Waals surface area contributed by atoms with Gasteiger partial charge >= 0.3 is 57.2 Å². The summed E-state index contributed by atoms with van der Waals surface area (Å²) in [4.78, 5) is 16.3. The second-order valence-corrected chi connectivity index (χ2v) is 0.950. The van der Waals surface area contributed by atoms with Crippen molar-refractivity contribution in [2.45, 2.75) is 0 Å². The molecular weight excluding hydrogens is 169 g/mol. The largest absolute Gasteiger partial charge is 1.00 e. The van der Waals surface area contributed by atoms with Crippen LogP contribution in [0.25, 0.3) is 5.41 Å². The van der Waals surface area contributed by atoms with E-state index in [-0.39, 0.29) is 51.4 Å². The molecule has 0 unspecified atom stereocenters. The Morgan fingerprint density at radius 3 is 1.60 bits per heavy atom. The topological polar surface area (TPSA) is 109 Å². The number of nitrogens with zero attached hydrogens (tertiary/aromatic N) is 3. The van der Waals surface area contributed by atoms with Crippen LogP contribution in [-0.2, 0) is 0 Å². The summed E-state index contributed by atoms with van der Waals surface area (Å²) in [5.41, 5.74) is 0. The van der Waals surface area contributed by atoms with E-state index in [1.54, 1.807) is 0 Å². The summed E-state index contributed by atoms with van der Waals surface area (Å²) >= 11 is 0. The third kappa shape index (κ3) is 3.83. The molecule has 48 valence electrons. The van der Waals surface area contributed by atoms with Crippen LogP contribution in [0.4, 0.5) is 0 Å². The molecule has 10 heavy (non-hydrogen) atoms. The van der Waals surface area contributed by atoms with Crippen LogP contribution < -0.4 is 51.4 Å². The molecule has 0 saturated carbocycles. The Labute approximate surface area is 97.3 Å². The van der Waals surface area contributed by atoms with Crippen molar-refractivity contribution in [3.63, 3.8) is 0 Å². The Morgan fingerprint density at radius 2 is 1.60 bits per heavy atom. The van der Waals surface area contributed by atoms with Crippen molar-refractivity contribution in [1.82, 2.24) is 0 Å². The molecule has 0 amide bonds. The van der Waals surface area contributed by atoms with Gasteiger partial charge in [-0.15, -0.1) is 5.87 Å². The van der Waals surface area contributed by atoms with Gasteiger partial charge < -0.3 is 5.41 Å². The van der Waals surface area contributed by atoms with E-state index in [9.17, 15) is 20.2 Å². The molecule has 0 aromatic rings. The molecule has 0 spiro atoms. The molecule has 0 aliphatic rings. The van der Waals surface area contributed by atoms with Crippen LogP contribution in [0.2, 0.25) is 0 Å². The maximum Gasteiger partial charge on any atom is 1.00 e. The van der Waals surface area contributed by atoms with Gasteiger partial charge in [-0.25, -0.2) is 0 Å². The predicted molar refractivity (Wildman–Crippen MR) is 25.9 cm³/mol. The van der Waals surface area contributed by atoms with E-state index in [4.69, 9.17) is 5.41 Å². The summed E-state index contributed by atoms with van der Waals surface area (Å²) in [5.74, 6) is -0.741. The quantitative estimate of drug-likeness (QED) is 0.186. The predicted octanol–water partition coefficient (Wildman–Crippen LogP) is -3.38. The van der Waals surface area contributed by atoms with Crippen molar-refractivity contribution in [3.8, 4) is 0 Å². The SMILES string of the molecule is [K+].[N-]=C=C([N+](=O)[O-])[N+](=O)[O-]. The van der Waals surface area contributed by atoms with E-state index >= 15 is 0 Å². The normalized spacial score (nSPS) is 6.80. The molecule has 0 aliphatic carbocycles. The van der Waals surface area contributed by atoms with Gasteiger partial charge in [0, 0.05) is 0 Å². The fourth-order valence-corrected chi connectivity index (χ4v) is 0.148. The van der Waals surface area contributed by atoms with Crippen LogP contribution in [0.15, 0.2) is 5.82 Å². The third-order valence-corrected chi connectivity index (χ3v) is 0.446. The number of hydrogen-bond donors (Lipinski definition) is 0. The minimum absolute atomic E-state index is 0. The summed E-state index contributed by atoms with van der Waals surface area (Å²) < 4.78 is 0. The molecule has 0 aromatic heterocycles. The molecule has 8 heteroatoms. The van der Waals surface area contributed by atoms with Crippen LogP contribution in [-0.4, -0.2) is 15.7 Å². The molecule has 0 fully saturated rings. The van der Waals surface area contributed by atoms with Gasteiger partial charge in [-0.05, 0) is 0 Å². The van der Waals surface area contributed by atoms with Gasteiger partial charge in [0.25, 0.3) is 0 Å². The first-order chi connectivity index (χ1) is 4.09. The molecule has 0 atom stereocenters. The van der Waals surface area contributed by atoms with E-state index in [1.807, 2.05) is 0 Å². The summed E-state index contributed by atoms with van der Waals surface area (Å²) in [6.07, 6.45) is 0. The minimum atomic E-state index is -1.56. The molecule has 0 N–H and O–H groups in total. The van der Waals surface area contributed by atoms with E-state index in [0.717, 1.165) is 5.87 Å². The van der Waals surface area contributed by atoms with E-state index < -0.39 is 15.7 Å². The Morgan fingerprint density at radius 1 is 1.30 bits per heavy atom. The van der Waals surface area contributed by atoms with Gasteiger partial charge in [0.1, 0.15) is 9.85 Å². The summed E-state index contributed by atoms with van der Waals surface area (Å²) in [6, 6.07) is 0. The molecule has 7 nitrogen and oxygen atoms in total. The maximum atomic E-state index is 9.48. The first kappa shape index (κ1) is 12.6. The standard InChI is InChI=1S/C2N3O4.K/c3-1-2(4(6)7)5(8)9;/q-1;+1. The van der Waals surface area contributed by atoms with E-state index in [2.05, 4.69) is 0 Å². The average molecular weight is 169 g/mol. The van der Waals surface area contributed by atoms with Crippen molar-refractivity contribution >= 4 is 5.87 Å². The molecule has 0 rings (SSSR count). The second kappa shape index (κ2) is 5.65. The minimum Gasteiger partial charge on any atom is -0.752 e. The number of nitro groups is 2. The summed E-state index contributed by atoms with van der Waals surface area (Å²) in [6.45, 7) is 0. The summed E-state index contributed by atoms with van der Waals surface area (Å²) in [7, 11) is 0. The first-order valence-corrected chi connectivity index (χ1v) is 1.65. The van der Waals surface area contributed by atoms with Gasteiger partial charge in [-0.2, -0.15) is 0 Å². The molecule has 0 aliphatic heterocycles. The summed E-state index contributed by atoms with van der Waals surface area (Å²) in [5, 5.41) is 26.6. The van der Waals surface area contributed by atoms with Crippen LogP contribution in [0, 0.1) is 20.2 Å². The Bertz CT molecular complexity index is 191. The molecule has 0 radical (unpaired) electrons. The zero-order valence-electron chi connectivity index (χ0n) is 4.97. The zero-order valence-corrected chi connectivity index (χ0v) is 8.10. The molecular formula is C2KN3O4. The maximum absolute atomic E-state index is 9.48. The van der Waals surface area contributed by atoms with Gasteiger partial charge in [-0.3, -0.25) is 20.2 Å².